The Bertz CT molecular complexity index is 869. The van der Waals surface area contributed by atoms with Crippen molar-refractivity contribution in [2.75, 3.05) is 6.61 Å². The Balaban J connectivity index is 2.41. The van der Waals surface area contributed by atoms with Gasteiger partial charge in [-0.1, -0.05) is 17.3 Å². The predicted octanol–water partition coefficient (Wildman–Crippen LogP) is 1.41. The van der Waals surface area contributed by atoms with E-state index in [0.717, 1.165) is 20.8 Å². The van der Waals surface area contributed by atoms with Crippen LogP contribution >= 0.6 is 0 Å². The molecule has 1 heterocycles. The molecule has 1 saturated heterocycles. The minimum atomic E-state index is -1.33. The van der Waals surface area contributed by atoms with Gasteiger partial charge in [-0.3, -0.25) is 19.2 Å². The molecule has 0 spiro atoms. The van der Waals surface area contributed by atoms with Crippen LogP contribution in [0.2, 0.25) is 0 Å². The van der Waals surface area contributed by atoms with Crippen LogP contribution in [-0.4, -0.2) is 61.2 Å². The van der Waals surface area contributed by atoms with Crippen molar-refractivity contribution in [3.63, 3.8) is 0 Å². The number of rotatable bonds is 9. The number of ether oxygens (including phenoxy) is 6. The van der Waals surface area contributed by atoms with Gasteiger partial charge in [0.25, 0.3) is 0 Å². The second-order valence-electron chi connectivity index (χ2n) is 7.12. The fourth-order valence-corrected chi connectivity index (χ4v) is 3.17. The van der Waals surface area contributed by atoms with Crippen molar-refractivity contribution >= 4 is 23.9 Å². The third kappa shape index (κ3) is 7.83. The molecule has 12 nitrogen and oxygen atoms in total. The molecule has 5 atom stereocenters. The first-order valence-corrected chi connectivity index (χ1v) is 9.96. The second-order valence-corrected chi connectivity index (χ2v) is 7.12. The van der Waals surface area contributed by atoms with Crippen LogP contribution in [0.5, 0.6) is 5.75 Å². The maximum Gasteiger partial charge on any atom is 0.303 e. The summed E-state index contributed by atoms with van der Waals surface area (Å²) in [5.41, 5.74) is 0.638. The molecule has 33 heavy (non-hydrogen) atoms. The van der Waals surface area contributed by atoms with Gasteiger partial charge in [-0.25, -0.2) is 0 Å². The fraction of sp³-hybridized carbons (Fsp3) is 0.524. The molecule has 0 unspecified atom stereocenters. The summed E-state index contributed by atoms with van der Waals surface area (Å²) in [6.07, 6.45) is -6.37. The SMILES string of the molecule is CC(=O)OC[C@H]1O[C@@H](Oc2ccc(CN=O)cc2)[C@H](OC(C)=O)[C@H](OC(C)=O)[C@@H]1OC(C)=O. The molecule has 180 valence electrons. The molecule has 0 amide bonds. The Morgan fingerprint density at radius 3 is 1.88 bits per heavy atom. The van der Waals surface area contributed by atoms with Crippen molar-refractivity contribution in [3.8, 4) is 5.75 Å². The number of hydrogen-bond donors (Lipinski definition) is 0. The van der Waals surface area contributed by atoms with E-state index >= 15 is 0 Å². The zero-order valence-corrected chi connectivity index (χ0v) is 18.5. The molecule has 0 radical (unpaired) electrons. The van der Waals surface area contributed by atoms with Crippen LogP contribution in [0.1, 0.15) is 33.3 Å². The highest BCUT2D eigenvalue weighted by atomic mass is 16.7. The maximum atomic E-state index is 11.8. The first-order valence-electron chi connectivity index (χ1n) is 9.96. The first-order chi connectivity index (χ1) is 15.6. The molecule has 1 aliphatic rings. The molecule has 0 aromatic heterocycles. The third-order valence-corrected chi connectivity index (χ3v) is 4.37. The van der Waals surface area contributed by atoms with Crippen LogP contribution in [0.15, 0.2) is 29.4 Å². The van der Waals surface area contributed by atoms with Gasteiger partial charge in [0.1, 0.15) is 25.0 Å². The maximum absolute atomic E-state index is 11.8. The van der Waals surface area contributed by atoms with Crippen LogP contribution in [0.4, 0.5) is 0 Å². The van der Waals surface area contributed by atoms with Crippen LogP contribution in [0.25, 0.3) is 0 Å². The Morgan fingerprint density at radius 2 is 1.36 bits per heavy atom. The standard InChI is InChI=1S/C21H25NO11/c1-11(23)28-10-17-18(29-12(2)24)19(30-13(3)25)20(31-14(4)26)21(33-17)32-16-7-5-15(6-8-16)9-22-27/h5-8,17-21H,9-10H2,1-4H3/t17-,18-,19-,20-,21-/m1/s1. The smallest absolute Gasteiger partial charge is 0.303 e. The summed E-state index contributed by atoms with van der Waals surface area (Å²) < 4.78 is 32.6. The molecule has 1 aliphatic heterocycles. The second kappa shape index (κ2) is 11.9. The lowest BCUT2D eigenvalue weighted by atomic mass is 9.98. The Kier molecular flexibility index (Phi) is 9.28. The normalized spacial score (nSPS) is 24.2. The van der Waals surface area contributed by atoms with E-state index in [2.05, 4.69) is 5.18 Å². The summed E-state index contributed by atoms with van der Waals surface area (Å²) >= 11 is 0. The average molecular weight is 467 g/mol. The lowest BCUT2D eigenvalue weighted by Crippen LogP contribution is -2.63. The minimum Gasteiger partial charge on any atom is -0.463 e. The molecule has 1 fully saturated rings. The van der Waals surface area contributed by atoms with Crippen molar-refractivity contribution in [1.82, 2.24) is 0 Å². The zero-order valence-electron chi connectivity index (χ0n) is 18.5. The first kappa shape index (κ1) is 25.7. The summed E-state index contributed by atoms with van der Waals surface area (Å²) in [5, 5.41) is 2.81. The summed E-state index contributed by atoms with van der Waals surface area (Å²) in [4.78, 5) is 57.1. The third-order valence-electron chi connectivity index (χ3n) is 4.37. The minimum absolute atomic E-state index is 0.0284. The fourth-order valence-electron chi connectivity index (χ4n) is 3.17. The monoisotopic (exact) mass is 467 g/mol. The van der Waals surface area contributed by atoms with Crippen molar-refractivity contribution in [1.29, 1.82) is 0 Å². The summed E-state index contributed by atoms with van der Waals surface area (Å²) in [7, 11) is 0. The van der Waals surface area contributed by atoms with Gasteiger partial charge in [-0.2, -0.15) is 4.91 Å². The van der Waals surface area contributed by atoms with Gasteiger partial charge in [0.05, 0.1) is 0 Å². The topological polar surface area (TPSA) is 153 Å². The van der Waals surface area contributed by atoms with Gasteiger partial charge in [0.15, 0.2) is 12.2 Å². The van der Waals surface area contributed by atoms with E-state index < -0.39 is 54.6 Å². The molecule has 0 bridgehead atoms. The molecule has 0 N–H and O–H groups in total. The summed E-state index contributed by atoms with van der Waals surface area (Å²) in [6, 6.07) is 6.27. The molecular weight excluding hydrogens is 442 g/mol. The Morgan fingerprint density at radius 1 is 0.818 bits per heavy atom. The molecule has 0 saturated carbocycles. The van der Waals surface area contributed by atoms with E-state index in [1.807, 2.05) is 0 Å². The van der Waals surface area contributed by atoms with E-state index in [-0.39, 0.29) is 18.9 Å². The van der Waals surface area contributed by atoms with E-state index in [0.29, 0.717) is 5.56 Å². The van der Waals surface area contributed by atoms with Crippen molar-refractivity contribution in [3.05, 3.63) is 34.7 Å². The molecular formula is C21H25NO11. The molecule has 12 heteroatoms. The number of benzene rings is 1. The van der Waals surface area contributed by atoms with Crippen molar-refractivity contribution < 1.29 is 47.6 Å². The Labute approximate surface area is 189 Å². The Hall–Kier alpha value is -3.54. The summed E-state index contributed by atoms with van der Waals surface area (Å²) in [5.74, 6) is -2.56. The van der Waals surface area contributed by atoms with Crippen LogP contribution < -0.4 is 4.74 Å². The van der Waals surface area contributed by atoms with Gasteiger partial charge in [0, 0.05) is 27.7 Å². The van der Waals surface area contributed by atoms with Crippen molar-refractivity contribution in [2.24, 2.45) is 5.18 Å². The zero-order chi connectivity index (χ0) is 24.5. The van der Waals surface area contributed by atoms with E-state index in [4.69, 9.17) is 28.4 Å². The summed E-state index contributed by atoms with van der Waals surface area (Å²) in [6.45, 7) is 4.18. The molecule has 2 rings (SSSR count). The quantitative estimate of drug-likeness (QED) is 0.294. The van der Waals surface area contributed by atoms with Crippen LogP contribution in [0, 0.1) is 4.91 Å². The van der Waals surface area contributed by atoms with Gasteiger partial charge in [-0.15, -0.1) is 0 Å². The van der Waals surface area contributed by atoms with E-state index in [1.54, 1.807) is 12.1 Å². The number of hydrogen-bond acceptors (Lipinski definition) is 12. The van der Waals surface area contributed by atoms with Crippen LogP contribution in [-0.2, 0) is 49.4 Å². The van der Waals surface area contributed by atoms with E-state index in [1.165, 1.54) is 19.1 Å². The average Bonchev–Trinajstić information content (AvgIpc) is 2.71. The molecule has 1 aromatic carbocycles. The number of esters is 4. The predicted molar refractivity (Wildman–Crippen MR) is 109 cm³/mol. The highest BCUT2D eigenvalue weighted by Gasteiger charge is 2.53. The highest BCUT2D eigenvalue weighted by molar-refractivity contribution is 5.68. The number of nitrogens with zero attached hydrogens (tertiary/aromatic N) is 1. The van der Waals surface area contributed by atoms with Crippen LogP contribution in [0.3, 0.4) is 0 Å². The van der Waals surface area contributed by atoms with Gasteiger partial charge in [-0.05, 0) is 17.7 Å². The largest absolute Gasteiger partial charge is 0.463 e. The molecule has 1 aromatic rings. The number of nitroso groups, excluding NO2 is 1. The van der Waals surface area contributed by atoms with Gasteiger partial charge < -0.3 is 28.4 Å². The number of carbonyl (C=O) groups is 4. The number of carbonyl (C=O) groups excluding carboxylic acids is 4. The van der Waals surface area contributed by atoms with Crippen molar-refractivity contribution in [2.45, 2.75) is 64.9 Å². The highest BCUT2D eigenvalue weighted by Crippen LogP contribution is 2.31. The lowest BCUT2D eigenvalue weighted by molar-refractivity contribution is -0.288. The van der Waals surface area contributed by atoms with Gasteiger partial charge >= 0.3 is 23.9 Å². The lowest BCUT2D eigenvalue weighted by Gasteiger charge is -2.43. The molecule has 0 aliphatic carbocycles. The van der Waals surface area contributed by atoms with E-state index in [9.17, 15) is 24.1 Å². The van der Waals surface area contributed by atoms with Gasteiger partial charge in [0.2, 0.25) is 12.4 Å².